The van der Waals surface area contributed by atoms with Crippen LogP contribution in [0.25, 0.3) is 0 Å². The van der Waals surface area contributed by atoms with Crippen LogP contribution in [0, 0.1) is 34.5 Å². The molecule has 3 saturated carbocycles. The molecule has 0 spiro atoms. The van der Waals surface area contributed by atoms with Crippen LogP contribution in [0.4, 0.5) is 20.2 Å². The summed E-state index contributed by atoms with van der Waals surface area (Å²) in [5, 5.41) is 35.7. The number of Topliss-reactive ketones (excluding diaryl/α,β-unsaturated/α-hetero) is 1. The molecule has 0 aromatic heterocycles. The number of hydrogen-bond acceptors (Lipinski definition) is 7. The van der Waals surface area contributed by atoms with Gasteiger partial charge in [-0.15, -0.1) is 0 Å². The van der Waals surface area contributed by atoms with Crippen LogP contribution in [0.1, 0.15) is 33.1 Å². The van der Waals surface area contributed by atoms with Crippen molar-refractivity contribution in [1.82, 2.24) is 0 Å². The van der Waals surface area contributed by atoms with E-state index in [-0.39, 0.29) is 31.4 Å². The average Bonchev–Trinajstić information content (AvgIpc) is 3.18. The SMILES string of the molecule is C[C@]12C[C@H](O)[C@@]3(F)[C@@H](C[C@H](F)C4=CC(=O)C=C[C@@]43C)[C@@H]1C[C@@H](CN(O)c1ccc(NC=O)cc1)[C@@H]2C(=O)CO. The van der Waals surface area contributed by atoms with Crippen LogP contribution in [-0.2, 0) is 14.4 Å². The van der Waals surface area contributed by atoms with E-state index in [2.05, 4.69) is 5.32 Å². The molecule has 1 amide bonds. The molecule has 3 fully saturated rings. The summed E-state index contributed by atoms with van der Waals surface area (Å²) in [6, 6.07) is 6.39. The molecule has 4 aliphatic rings. The third-order valence-corrected chi connectivity index (χ3v) is 10.1. The molecule has 210 valence electrons. The molecule has 9 atom stereocenters. The second-order valence-corrected chi connectivity index (χ2v) is 11.9. The number of amides is 1. The summed E-state index contributed by atoms with van der Waals surface area (Å²) in [7, 11) is 0. The predicted octanol–water partition coefficient (Wildman–Crippen LogP) is 3.17. The Labute approximate surface area is 225 Å². The van der Waals surface area contributed by atoms with Gasteiger partial charge in [-0.05, 0) is 85.4 Å². The lowest BCUT2D eigenvalue weighted by Gasteiger charge is -2.62. The van der Waals surface area contributed by atoms with Crippen molar-refractivity contribution in [3.8, 4) is 0 Å². The molecule has 0 aliphatic heterocycles. The highest BCUT2D eigenvalue weighted by Crippen LogP contribution is 2.70. The standard InChI is InChI=1S/C29H34F2N2O6/c1-27-12-25(38)29(31)21(11-23(30)22-10-19(36)7-8-28(22,29)2)20(27)9-16(26(27)24(37)14-34)13-33(39)18-5-3-17(4-6-18)32-15-35/h3-8,10,15-16,20-21,23,25-26,34,38-39H,9,11-14H2,1-2H3,(H,32,35)/t16-,20-,21-,23-,25-,26+,27-,28-,29-/m0/s1. The first-order valence-corrected chi connectivity index (χ1v) is 13.3. The van der Waals surface area contributed by atoms with Gasteiger partial charge < -0.3 is 15.5 Å². The number of hydrogen-bond donors (Lipinski definition) is 4. The third kappa shape index (κ3) is 3.98. The molecule has 0 heterocycles. The number of anilines is 2. The monoisotopic (exact) mass is 544 g/mol. The van der Waals surface area contributed by atoms with Gasteiger partial charge in [0.05, 0.1) is 11.8 Å². The van der Waals surface area contributed by atoms with Gasteiger partial charge in [0, 0.05) is 29.5 Å². The topological polar surface area (TPSA) is 127 Å². The van der Waals surface area contributed by atoms with Crippen LogP contribution in [0.5, 0.6) is 0 Å². The maximum atomic E-state index is 17.4. The second-order valence-electron chi connectivity index (χ2n) is 11.9. The van der Waals surface area contributed by atoms with E-state index in [1.807, 2.05) is 0 Å². The number of carbonyl (C=O) groups is 3. The van der Waals surface area contributed by atoms with Crippen LogP contribution in [0.15, 0.2) is 48.1 Å². The number of allylic oxidation sites excluding steroid dienone is 4. The van der Waals surface area contributed by atoms with Crippen LogP contribution < -0.4 is 10.4 Å². The van der Waals surface area contributed by atoms with Crippen molar-refractivity contribution >= 4 is 29.4 Å². The van der Waals surface area contributed by atoms with Gasteiger partial charge in [-0.3, -0.25) is 24.7 Å². The molecule has 0 bridgehead atoms. The molecule has 1 aromatic carbocycles. The maximum absolute atomic E-state index is 17.4. The lowest BCUT2D eigenvalue weighted by Crippen LogP contribution is -2.68. The number of benzene rings is 1. The summed E-state index contributed by atoms with van der Waals surface area (Å²) in [5.41, 5.74) is -3.79. The second kappa shape index (κ2) is 9.60. The lowest BCUT2D eigenvalue weighted by atomic mass is 9.45. The van der Waals surface area contributed by atoms with Gasteiger partial charge in [-0.25, -0.2) is 8.78 Å². The number of carbonyl (C=O) groups excluding carboxylic acids is 3. The zero-order valence-corrected chi connectivity index (χ0v) is 21.9. The van der Waals surface area contributed by atoms with E-state index in [4.69, 9.17) is 0 Å². The molecule has 39 heavy (non-hydrogen) atoms. The molecule has 1 aromatic rings. The van der Waals surface area contributed by atoms with E-state index >= 15 is 8.78 Å². The van der Waals surface area contributed by atoms with Gasteiger partial charge >= 0.3 is 0 Å². The van der Waals surface area contributed by atoms with Crippen LogP contribution in [-0.4, -0.2) is 64.5 Å². The minimum Gasteiger partial charge on any atom is -0.390 e. The smallest absolute Gasteiger partial charge is 0.211 e. The van der Waals surface area contributed by atoms with Gasteiger partial charge in [0.15, 0.2) is 17.2 Å². The molecule has 4 aliphatic carbocycles. The summed E-state index contributed by atoms with van der Waals surface area (Å²) in [4.78, 5) is 35.9. The lowest BCUT2D eigenvalue weighted by molar-refractivity contribution is -0.202. The first-order valence-electron chi connectivity index (χ1n) is 13.3. The van der Waals surface area contributed by atoms with Gasteiger partial charge in [0.25, 0.3) is 0 Å². The summed E-state index contributed by atoms with van der Waals surface area (Å²) < 4.78 is 33.0. The van der Waals surface area contributed by atoms with E-state index in [0.717, 1.165) is 11.1 Å². The number of aliphatic hydroxyl groups is 2. The highest BCUT2D eigenvalue weighted by molar-refractivity contribution is 6.01. The number of aliphatic hydroxyl groups excluding tert-OH is 2. The molecule has 8 nitrogen and oxygen atoms in total. The molecule has 4 N–H and O–H groups in total. The predicted molar refractivity (Wildman–Crippen MR) is 138 cm³/mol. The Hall–Kier alpha value is -2.95. The number of alkyl halides is 2. The normalized spacial score (nSPS) is 40.7. The Morgan fingerprint density at radius 2 is 1.90 bits per heavy atom. The Balaban J connectivity index is 1.50. The van der Waals surface area contributed by atoms with Crippen molar-refractivity contribution in [2.75, 3.05) is 23.5 Å². The number of fused-ring (bicyclic) bond motifs is 5. The summed E-state index contributed by atoms with van der Waals surface area (Å²) in [6.45, 7) is 2.56. The number of hydroxylamine groups is 1. The molecule has 0 radical (unpaired) electrons. The van der Waals surface area contributed by atoms with E-state index < -0.39 is 70.6 Å². The quantitative estimate of drug-likeness (QED) is 0.307. The van der Waals surface area contributed by atoms with Gasteiger partial charge in [-0.1, -0.05) is 13.0 Å². The minimum absolute atomic E-state index is 0.0130. The fraction of sp³-hybridized carbons (Fsp3) is 0.552. The van der Waals surface area contributed by atoms with Crippen LogP contribution in [0.2, 0.25) is 0 Å². The Morgan fingerprint density at radius 3 is 2.54 bits per heavy atom. The number of nitrogens with zero attached hydrogens (tertiary/aromatic N) is 1. The van der Waals surface area contributed by atoms with E-state index in [0.29, 0.717) is 17.8 Å². The number of nitrogens with one attached hydrogen (secondary N) is 1. The average molecular weight is 545 g/mol. The molecular weight excluding hydrogens is 510 g/mol. The summed E-state index contributed by atoms with van der Waals surface area (Å²) in [5.74, 6) is -3.69. The van der Waals surface area contributed by atoms with E-state index in [1.165, 1.54) is 19.1 Å². The fourth-order valence-electron chi connectivity index (χ4n) is 8.42. The van der Waals surface area contributed by atoms with E-state index in [1.54, 1.807) is 31.2 Å². The van der Waals surface area contributed by atoms with Crippen molar-refractivity contribution in [2.24, 2.45) is 34.5 Å². The molecule has 5 rings (SSSR count). The summed E-state index contributed by atoms with van der Waals surface area (Å²) >= 11 is 0. The van der Waals surface area contributed by atoms with Crippen molar-refractivity contribution in [2.45, 2.75) is 51.1 Å². The van der Waals surface area contributed by atoms with Gasteiger partial charge in [-0.2, -0.15) is 0 Å². The zero-order chi connectivity index (χ0) is 28.3. The number of halogens is 2. The van der Waals surface area contributed by atoms with Crippen molar-refractivity contribution in [3.05, 3.63) is 48.1 Å². The van der Waals surface area contributed by atoms with Crippen LogP contribution in [0.3, 0.4) is 0 Å². The first-order chi connectivity index (χ1) is 18.4. The largest absolute Gasteiger partial charge is 0.390 e. The van der Waals surface area contributed by atoms with Gasteiger partial charge in [0.2, 0.25) is 6.41 Å². The van der Waals surface area contributed by atoms with Crippen molar-refractivity contribution in [3.63, 3.8) is 0 Å². The third-order valence-electron chi connectivity index (χ3n) is 10.1. The van der Waals surface area contributed by atoms with Crippen LogP contribution >= 0.6 is 0 Å². The highest BCUT2D eigenvalue weighted by Gasteiger charge is 2.73. The summed E-state index contributed by atoms with van der Waals surface area (Å²) in [6.07, 6.45) is 1.08. The molecular formula is C29H34F2N2O6. The molecule has 0 saturated heterocycles. The van der Waals surface area contributed by atoms with Crippen molar-refractivity contribution < 1.29 is 38.6 Å². The highest BCUT2D eigenvalue weighted by atomic mass is 19.1. The van der Waals surface area contributed by atoms with E-state index in [9.17, 15) is 29.8 Å². The first kappa shape index (κ1) is 27.6. The number of rotatable bonds is 7. The molecule has 10 heteroatoms. The molecule has 0 unspecified atom stereocenters. The van der Waals surface area contributed by atoms with Gasteiger partial charge in [0.1, 0.15) is 12.8 Å². The Bertz CT molecular complexity index is 1240. The number of ketones is 2. The Morgan fingerprint density at radius 1 is 1.21 bits per heavy atom. The van der Waals surface area contributed by atoms with Crippen molar-refractivity contribution in [1.29, 1.82) is 0 Å². The fourth-order valence-corrected chi connectivity index (χ4v) is 8.42. The zero-order valence-electron chi connectivity index (χ0n) is 21.9. The minimum atomic E-state index is -2.27. The Kier molecular flexibility index (Phi) is 6.80. The maximum Gasteiger partial charge on any atom is 0.211 e.